The van der Waals surface area contributed by atoms with Crippen molar-refractivity contribution >= 4 is 30.7 Å². The van der Waals surface area contributed by atoms with E-state index in [0.29, 0.717) is 25.8 Å². The minimum atomic E-state index is -0.546. The van der Waals surface area contributed by atoms with Crippen molar-refractivity contribution in [1.82, 2.24) is 14.9 Å². The Morgan fingerprint density at radius 2 is 2.25 bits per heavy atom. The summed E-state index contributed by atoms with van der Waals surface area (Å²) in [6.07, 6.45) is 4.81. The first-order chi connectivity index (χ1) is 8.58. The molecule has 0 bridgehead atoms. The molecular formula is C12H22Cl2N4O2. The molecule has 2 rings (SSSR count). The van der Waals surface area contributed by atoms with Gasteiger partial charge in [0.1, 0.15) is 5.82 Å². The molecule has 8 heteroatoms. The summed E-state index contributed by atoms with van der Waals surface area (Å²) >= 11 is 0. The lowest BCUT2D eigenvalue weighted by atomic mass is 10.1. The van der Waals surface area contributed by atoms with Gasteiger partial charge in [0.2, 0.25) is 5.91 Å². The molecule has 0 radical (unpaired) electrons. The maximum atomic E-state index is 11.8. The number of nitrogens with two attached hydrogens (primary N) is 1. The molecule has 0 aliphatic heterocycles. The number of carbonyl (C=O) groups is 1. The van der Waals surface area contributed by atoms with E-state index in [1.807, 2.05) is 17.8 Å². The fraction of sp³-hybridized carbons (Fsp3) is 0.667. The van der Waals surface area contributed by atoms with Crippen LogP contribution in [0.2, 0.25) is 0 Å². The Kier molecular flexibility index (Phi) is 8.12. The Balaban J connectivity index is 0.00000180. The molecule has 1 amide bonds. The number of imidazole rings is 1. The van der Waals surface area contributed by atoms with E-state index in [-0.39, 0.29) is 42.7 Å². The Morgan fingerprint density at radius 1 is 1.55 bits per heavy atom. The van der Waals surface area contributed by atoms with E-state index in [0.717, 1.165) is 5.82 Å². The first-order valence-corrected chi connectivity index (χ1v) is 6.25. The van der Waals surface area contributed by atoms with Crippen LogP contribution >= 0.6 is 24.8 Å². The standard InChI is InChI=1S/C12H20N4O2.2ClH/c1-16-5-4-14-11(16)2-3-15-12(18)8-6-9(13)10(17)7-8;;/h4-5,8-10,17H,2-3,6-7,13H2,1H3,(H,15,18);2*1H/t8-,9+,10+;;/m0../s1. The number of aromatic nitrogens is 2. The SMILES string of the molecule is Cl.Cl.Cn1ccnc1CCNC(=O)[C@H]1C[C@@H](N)[C@H](O)C1. The molecule has 4 N–H and O–H groups in total. The molecule has 1 heterocycles. The first-order valence-electron chi connectivity index (χ1n) is 6.25. The van der Waals surface area contributed by atoms with Crippen molar-refractivity contribution in [2.45, 2.75) is 31.4 Å². The summed E-state index contributed by atoms with van der Waals surface area (Å²) in [6.45, 7) is 0.561. The lowest BCUT2D eigenvalue weighted by Gasteiger charge is -2.10. The van der Waals surface area contributed by atoms with E-state index < -0.39 is 6.10 Å². The number of aryl methyl sites for hydroxylation is 1. The molecule has 1 aromatic heterocycles. The molecule has 0 aromatic carbocycles. The van der Waals surface area contributed by atoms with E-state index in [2.05, 4.69) is 10.3 Å². The quantitative estimate of drug-likeness (QED) is 0.728. The van der Waals surface area contributed by atoms with Crippen LogP contribution in [0.25, 0.3) is 0 Å². The summed E-state index contributed by atoms with van der Waals surface area (Å²) in [5.74, 6) is 0.769. The number of amides is 1. The monoisotopic (exact) mass is 324 g/mol. The second-order valence-electron chi connectivity index (χ2n) is 4.89. The molecule has 20 heavy (non-hydrogen) atoms. The van der Waals surface area contributed by atoms with Gasteiger partial charge in [0.05, 0.1) is 6.10 Å². The van der Waals surface area contributed by atoms with Crippen LogP contribution in [0.3, 0.4) is 0 Å². The summed E-state index contributed by atoms with van der Waals surface area (Å²) in [5.41, 5.74) is 5.69. The number of aliphatic hydroxyl groups excluding tert-OH is 1. The Morgan fingerprint density at radius 3 is 2.75 bits per heavy atom. The third kappa shape index (κ3) is 4.63. The number of halogens is 2. The third-order valence-electron chi connectivity index (χ3n) is 3.52. The second-order valence-corrected chi connectivity index (χ2v) is 4.89. The zero-order chi connectivity index (χ0) is 13.1. The fourth-order valence-corrected chi connectivity index (χ4v) is 2.34. The average molecular weight is 325 g/mol. The Bertz CT molecular complexity index is 417. The van der Waals surface area contributed by atoms with Gasteiger partial charge < -0.3 is 20.7 Å². The van der Waals surface area contributed by atoms with Crippen LogP contribution in [-0.4, -0.2) is 39.3 Å². The summed E-state index contributed by atoms with van der Waals surface area (Å²) < 4.78 is 1.93. The summed E-state index contributed by atoms with van der Waals surface area (Å²) in [7, 11) is 1.93. The molecule has 6 nitrogen and oxygen atoms in total. The molecule has 3 atom stereocenters. The lowest BCUT2D eigenvalue weighted by Crippen LogP contribution is -2.32. The Hall–Kier alpha value is -0.820. The van der Waals surface area contributed by atoms with Crippen LogP contribution < -0.4 is 11.1 Å². The van der Waals surface area contributed by atoms with Crippen LogP contribution in [0.4, 0.5) is 0 Å². The van der Waals surface area contributed by atoms with Gasteiger partial charge in [0.15, 0.2) is 0 Å². The van der Waals surface area contributed by atoms with Gasteiger partial charge in [0.25, 0.3) is 0 Å². The minimum absolute atomic E-state index is 0. The van der Waals surface area contributed by atoms with Gasteiger partial charge in [0, 0.05) is 44.4 Å². The van der Waals surface area contributed by atoms with Crippen LogP contribution in [0.5, 0.6) is 0 Å². The number of nitrogens with one attached hydrogen (secondary N) is 1. The zero-order valence-corrected chi connectivity index (χ0v) is 13.0. The van der Waals surface area contributed by atoms with E-state index >= 15 is 0 Å². The van der Waals surface area contributed by atoms with Crippen molar-refractivity contribution in [3.05, 3.63) is 18.2 Å². The predicted molar refractivity (Wildman–Crippen MR) is 81.1 cm³/mol. The van der Waals surface area contributed by atoms with Gasteiger partial charge in [-0.2, -0.15) is 0 Å². The summed E-state index contributed by atoms with van der Waals surface area (Å²) in [5, 5.41) is 12.4. The highest BCUT2D eigenvalue weighted by atomic mass is 35.5. The number of hydrogen-bond acceptors (Lipinski definition) is 4. The van der Waals surface area contributed by atoms with Gasteiger partial charge in [-0.25, -0.2) is 4.98 Å². The average Bonchev–Trinajstić information content (AvgIpc) is 2.87. The van der Waals surface area contributed by atoms with E-state index in [9.17, 15) is 9.90 Å². The normalized spacial score (nSPS) is 24.6. The van der Waals surface area contributed by atoms with Gasteiger partial charge in [-0.3, -0.25) is 4.79 Å². The van der Waals surface area contributed by atoms with Crippen molar-refractivity contribution in [2.75, 3.05) is 6.54 Å². The molecular weight excluding hydrogens is 303 g/mol. The molecule has 0 spiro atoms. The van der Waals surface area contributed by atoms with E-state index in [1.165, 1.54) is 0 Å². The molecule has 1 aliphatic rings. The molecule has 0 saturated heterocycles. The van der Waals surface area contributed by atoms with Gasteiger partial charge in [-0.05, 0) is 12.8 Å². The number of rotatable bonds is 4. The van der Waals surface area contributed by atoms with Gasteiger partial charge in [-0.1, -0.05) is 0 Å². The Labute approximate surface area is 131 Å². The highest BCUT2D eigenvalue weighted by molar-refractivity contribution is 5.85. The molecule has 116 valence electrons. The summed E-state index contributed by atoms with van der Waals surface area (Å²) in [4.78, 5) is 16.0. The molecule has 0 unspecified atom stereocenters. The van der Waals surface area contributed by atoms with Crippen molar-refractivity contribution < 1.29 is 9.90 Å². The molecule has 1 saturated carbocycles. The second kappa shape index (κ2) is 8.46. The third-order valence-corrected chi connectivity index (χ3v) is 3.52. The lowest BCUT2D eigenvalue weighted by molar-refractivity contribution is -0.125. The van der Waals surface area contributed by atoms with Crippen molar-refractivity contribution in [3.8, 4) is 0 Å². The van der Waals surface area contributed by atoms with E-state index in [1.54, 1.807) is 6.20 Å². The highest BCUT2D eigenvalue weighted by Crippen LogP contribution is 2.24. The van der Waals surface area contributed by atoms with Crippen molar-refractivity contribution in [3.63, 3.8) is 0 Å². The van der Waals surface area contributed by atoms with Gasteiger partial charge in [-0.15, -0.1) is 24.8 Å². The number of nitrogens with zero attached hydrogens (tertiary/aromatic N) is 2. The predicted octanol–water partition coefficient (Wildman–Crippen LogP) is 0.0206. The molecule has 1 fully saturated rings. The van der Waals surface area contributed by atoms with Crippen LogP contribution in [0, 0.1) is 5.92 Å². The molecule has 1 aromatic rings. The minimum Gasteiger partial charge on any atom is -0.391 e. The van der Waals surface area contributed by atoms with Crippen molar-refractivity contribution in [2.24, 2.45) is 18.7 Å². The summed E-state index contributed by atoms with van der Waals surface area (Å²) in [6, 6.07) is -0.268. The fourth-order valence-electron chi connectivity index (χ4n) is 2.34. The maximum Gasteiger partial charge on any atom is 0.223 e. The van der Waals surface area contributed by atoms with Crippen LogP contribution in [-0.2, 0) is 18.3 Å². The molecule has 1 aliphatic carbocycles. The van der Waals surface area contributed by atoms with E-state index in [4.69, 9.17) is 5.73 Å². The van der Waals surface area contributed by atoms with Crippen LogP contribution in [0.15, 0.2) is 12.4 Å². The number of aliphatic hydroxyl groups is 1. The highest BCUT2D eigenvalue weighted by Gasteiger charge is 2.34. The first kappa shape index (κ1) is 19.2. The maximum absolute atomic E-state index is 11.8. The van der Waals surface area contributed by atoms with Crippen molar-refractivity contribution in [1.29, 1.82) is 0 Å². The zero-order valence-electron chi connectivity index (χ0n) is 11.4. The smallest absolute Gasteiger partial charge is 0.223 e. The number of hydrogen-bond donors (Lipinski definition) is 3. The number of carbonyl (C=O) groups excluding carboxylic acids is 1. The van der Waals surface area contributed by atoms with Crippen LogP contribution in [0.1, 0.15) is 18.7 Å². The topological polar surface area (TPSA) is 93.2 Å². The largest absolute Gasteiger partial charge is 0.391 e. The van der Waals surface area contributed by atoms with Gasteiger partial charge >= 0.3 is 0 Å².